The molecule has 0 unspecified atom stereocenters. The van der Waals surface area contributed by atoms with E-state index in [0.29, 0.717) is 0 Å². The third-order valence-corrected chi connectivity index (χ3v) is 0. The summed E-state index contributed by atoms with van der Waals surface area (Å²) in [5, 5.41) is 62.2. The summed E-state index contributed by atoms with van der Waals surface area (Å²) in [6, 6.07) is 0. The highest BCUT2D eigenvalue weighted by atomic mass is 79.9. The topological polar surface area (TPSA) is 281 Å². The van der Waals surface area contributed by atoms with Crippen molar-refractivity contribution in [3.8, 4) is 0 Å². The van der Waals surface area contributed by atoms with Gasteiger partial charge in [-0.25, -0.2) is 0 Å². The standard InChI is InChI=1S/7C2H4O2.BrH/c7*1-2(3)4;/h7*1H3,(H,3,4);1H/p-8. The molecule has 14 nitrogen and oxygen atoms in total. The molecule has 0 rings (SSSR count). The van der Waals surface area contributed by atoms with Gasteiger partial charge in [0.25, 0.3) is 0 Å². The minimum Gasteiger partial charge on any atom is -1.00 e. The third kappa shape index (κ3) is 1230. The molecule has 0 N–H and O–H groups in total. The van der Waals surface area contributed by atoms with Gasteiger partial charge < -0.3 is 86.3 Å². The SMILES string of the molecule is CC(=O)[O-].CC(=O)[O-].CC(=O)[O-].CC(=O)[O-].CC(=O)[O-].CC(=O)[O-].CC(=O)[O-].[Br-]. The Hall–Kier alpha value is -3.23. The Morgan fingerprint density at radius 3 is 0.310 bits per heavy atom. The summed E-state index contributed by atoms with van der Waals surface area (Å²) in [5.74, 6) is -7.58. The fourth-order valence-electron chi connectivity index (χ4n) is 0. The summed E-state index contributed by atoms with van der Waals surface area (Å²) in [5.41, 5.74) is 0. The van der Waals surface area contributed by atoms with Crippen LogP contribution in [-0.2, 0) is 33.6 Å². The van der Waals surface area contributed by atoms with Gasteiger partial charge in [0.05, 0.1) is 0 Å². The van der Waals surface area contributed by atoms with Gasteiger partial charge in [-0.05, 0) is 48.5 Å². The van der Waals surface area contributed by atoms with Crippen molar-refractivity contribution in [2.75, 3.05) is 0 Å². The monoisotopic (exact) mass is 492 g/mol. The molecule has 0 bridgehead atoms. The molecule has 0 aliphatic heterocycles. The number of carboxylic acids is 7. The molecule has 15 heteroatoms. The van der Waals surface area contributed by atoms with Crippen LogP contribution in [-0.4, -0.2) is 41.8 Å². The number of hydrogen-bond acceptors (Lipinski definition) is 14. The number of carboxylic acid groups (broad SMARTS) is 7. The molecule has 0 aromatic carbocycles. The number of rotatable bonds is 0. The summed E-state index contributed by atoms with van der Waals surface area (Å²) in [6.07, 6.45) is 0. The molecular formula is C14H21BrO14-8. The smallest absolute Gasteiger partial charge is 0.0383 e. The van der Waals surface area contributed by atoms with E-state index in [9.17, 15) is 0 Å². The first-order chi connectivity index (χ1) is 12.1. The zero-order chi connectivity index (χ0) is 25.0. The third-order valence-electron chi connectivity index (χ3n) is 0. The molecule has 0 saturated heterocycles. The Labute approximate surface area is 177 Å². The van der Waals surface area contributed by atoms with Crippen LogP contribution in [0, 0.1) is 0 Å². The van der Waals surface area contributed by atoms with Gasteiger partial charge in [-0.1, -0.05) is 0 Å². The first kappa shape index (κ1) is 50.1. The molecule has 29 heavy (non-hydrogen) atoms. The predicted octanol–water partition coefficient (Wildman–Crippen LogP) is -11.7. The van der Waals surface area contributed by atoms with Crippen molar-refractivity contribution in [3.05, 3.63) is 0 Å². The molecule has 0 amide bonds. The van der Waals surface area contributed by atoms with Crippen LogP contribution < -0.4 is 52.7 Å². The van der Waals surface area contributed by atoms with E-state index in [-0.39, 0.29) is 17.0 Å². The van der Waals surface area contributed by atoms with E-state index >= 15 is 0 Å². The number of carbonyl (C=O) groups excluding carboxylic acids is 7. The lowest BCUT2D eigenvalue weighted by Gasteiger charge is -1.77. The summed E-state index contributed by atoms with van der Waals surface area (Å²) < 4.78 is 0. The number of aliphatic carboxylic acids is 7. The van der Waals surface area contributed by atoms with E-state index < -0.39 is 41.8 Å². The van der Waals surface area contributed by atoms with Crippen molar-refractivity contribution in [3.63, 3.8) is 0 Å². The van der Waals surface area contributed by atoms with Gasteiger partial charge in [0.15, 0.2) is 0 Å². The van der Waals surface area contributed by atoms with Crippen LogP contribution in [0.25, 0.3) is 0 Å². The van der Waals surface area contributed by atoms with E-state index in [1.165, 1.54) is 0 Å². The molecular weight excluding hydrogens is 472 g/mol. The fraction of sp³-hybridized carbons (Fsp3) is 0.500. The lowest BCUT2D eigenvalue weighted by molar-refractivity contribution is -0.303. The van der Waals surface area contributed by atoms with Gasteiger partial charge in [-0.2, -0.15) is 0 Å². The minimum absolute atomic E-state index is 0. The maximum absolute atomic E-state index is 8.89. The average molecular weight is 493 g/mol. The highest BCUT2D eigenvalue weighted by molar-refractivity contribution is 5.61. The molecule has 0 spiro atoms. The zero-order valence-electron chi connectivity index (χ0n) is 16.6. The Balaban J connectivity index is -0.0000000294. The second kappa shape index (κ2) is 44.3. The molecule has 0 fully saturated rings. The molecule has 176 valence electrons. The molecule has 0 aliphatic rings. The first-order valence-corrected chi connectivity index (χ1v) is 6.36. The lowest BCUT2D eigenvalue weighted by Crippen LogP contribution is -3.00. The largest absolute Gasteiger partial charge is 1.00 e. The molecule has 0 aromatic heterocycles. The lowest BCUT2D eigenvalue weighted by atomic mass is 10.9. The second-order valence-electron chi connectivity index (χ2n) is 3.44. The zero-order valence-corrected chi connectivity index (χ0v) is 18.2. The van der Waals surface area contributed by atoms with E-state index in [0.717, 1.165) is 48.5 Å². The minimum atomic E-state index is -1.08. The van der Waals surface area contributed by atoms with Crippen molar-refractivity contribution in [2.45, 2.75) is 48.5 Å². The predicted molar refractivity (Wildman–Crippen MR) is 74.8 cm³/mol. The van der Waals surface area contributed by atoms with E-state index in [1.54, 1.807) is 0 Å². The van der Waals surface area contributed by atoms with Crippen molar-refractivity contribution in [1.82, 2.24) is 0 Å². The number of hydrogen-bond donors (Lipinski definition) is 0. The fourth-order valence-corrected chi connectivity index (χ4v) is 0. The van der Waals surface area contributed by atoms with Gasteiger partial charge in [0.1, 0.15) is 0 Å². The average Bonchev–Trinajstić information content (AvgIpc) is 2.20. The van der Waals surface area contributed by atoms with Gasteiger partial charge in [-0.3, -0.25) is 0 Å². The Kier molecular flexibility index (Phi) is 76.5. The van der Waals surface area contributed by atoms with E-state index in [4.69, 9.17) is 69.3 Å². The Morgan fingerprint density at radius 1 is 0.310 bits per heavy atom. The summed E-state index contributed by atoms with van der Waals surface area (Å²) >= 11 is 0. The summed E-state index contributed by atoms with van der Waals surface area (Å²) in [6.45, 7) is 6.81. The molecule has 0 heterocycles. The molecule has 0 radical (unpaired) electrons. The summed E-state index contributed by atoms with van der Waals surface area (Å²) in [7, 11) is 0. The van der Waals surface area contributed by atoms with Crippen molar-refractivity contribution >= 4 is 41.8 Å². The summed E-state index contributed by atoms with van der Waals surface area (Å²) in [4.78, 5) is 62.2. The van der Waals surface area contributed by atoms with Crippen molar-refractivity contribution in [2.24, 2.45) is 0 Å². The van der Waals surface area contributed by atoms with Crippen molar-refractivity contribution < 1.29 is 86.3 Å². The van der Waals surface area contributed by atoms with Gasteiger partial charge in [0.2, 0.25) is 0 Å². The van der Waals surface area contributed by atoms with Crippen LogP contribution in [0.2, 0.25) is 0 Å². The molecule has 0 aromatic rings. The quantitative estimate of drug-likeness (QED) is 0.303. The molecule has 0 saturated carbocycles. The molecule has 0 aliphatic carbocycles. The van der Waals surface area contributed by atoms with E-state index in [2.05, 4.69) is 0 Å². The highest BCUT2D eigenvalue weighted by Crippen LogP contribution is 1.33. The van der Waals surface area contributed by atoms with Crippen LogP contribution >= 0.6 is 0 Å². The van der Waals surface area contributed by atoms with Crippen LogP contribution in [0.15, 0.2) is 0 Å². The van der Waals surface area contributed by atoms with Crippen LogP contribution in [0.4, 0.5) is 0 Å². The van der Waals surface area contributed by atoms with Gasteiger partial charge in [-0.15, -0.1) is 0 Å². The maximum atomic E-state index is 8.89. The molecule has 0 atom stereocenters. The highest BCUT2D eigenvalue weighted by Gasteiger charge is 1.48. The van der Waals surface area contributed by atoms with Crippen molar-refractivity contribution in [1.29, 1.82) is 0 Å². The van der Waals surface area contributed by atoms with Crippen LogP contribution in [0.1, 0.15) is 48.5 Å². The van der Waals surface area contributed by atoms with Crippen LogP contribution in [0.5, 0.6) is 0 Å². The maximum Gasteiger partial charge on any atom is 0.0383 e. The van der Waals surface area contributed by atoms with Gasteiger partial charge >= 0.3 is 0 Å². The Morgan fingerprint density at radius 2 is 0.310 bits per heavy atom. The normalized spacial score (nSPS) is 6.03. The van der Waals surface area contributed by atoms with E-state index in [1.807, 2.05) is 0 Å². The number of carbonyl (C=O) groups is 7. The number of halogens is 1. The first-order valence-electron chi connectivity index (χ1n) is 6.36. The van der Waals surface area contributed by atoms with Gasteiger partial charge in [0, 0.05) is 41.8 Å². The second-order valence-corrected chi connectivity index (χ2v) is 3.44. The Bertz CT molecular complexity index is 313. The van der Waals surface area contributed by atoms with Crippen LogP contribution in [0.3, 0.4) is 0 Å².